The standard InChI is InChI=1S/C26H29N9O/c1-28-16-19-9-12-34(13-10-19)21-4-2-20(3-5-21)30-24-23-22(17-29-33-25(23)36)31-26(32-24)35-14-7-18(6-11-27)8-15-35/h2-5,17-19H,6-10,12-16H2,(H,33,36)(H,30,31,32). The van der Waals surface area contributed by atoms with Gasteiger partial charge >= 0.3 is 0 Å². The number of hydrogen-bond donors (Lipinski definition) is 2. The lowest BCUT2D eigenvalue weighted by molar-refractivity contribution is 0.409. The predicted octanol–water partition coefficient (Wildman–Crippen LogP) is 3.72. The third-order valence-electron chi connectivity index (χ3n) is 7.24. The molecule has 0 amide bonds. The molecule has 10 heteroatoms. The van der Waals surface area contributed by atoms with Crippen molar-refractivity contribution in [1.29, 1.82) is 5.26 Å². The van der Waals surface area contributed by atoms with Gasteiger partial charge in [0.2, 0.25) is 12.5 Å². The Labute approximate surface area is 209 Å². The van der Waals surface area contributed by atoms with Gasteiger partial charge in [0.05, 0.1) is 12.3 Å². The van der Waals surface area contributed by atoms with Crippen LogP contribution in [-0.2, 0) is 0 Å². The summed E-state index contributed by atoms with van der Waals surface area (Å²) in [6.45, 7) is 11.2. The molecule has 0 bridgehead atoms. The molecule has 0 spiro atoms. The predicted molar refractivity (Wildman–Crippen MR) is 139 cm³/mol. The normalized spacial score (nSPS) is 17.1. The van der Waals surface area contributed by atoms with Crippen molar-refractivity contribution in [3.63, 3.8) is 0 Å². The van der Waals surface area contributed by atoms with Crippen molar-refractivity contribution in [2.75, 3.05) is 47.8 Å². The fourth-order valence-electron chi connectivity index (χ4n) is 5.08. The summed E-state index contributed by atoms with van der Waals surface area (Å²) in [5.41, 5.74) is 2.13. The van der Waals surface area contributed by atoms with Crippen LogP contribution in [0.15, 0.2) is 35.3 Å². The first-order valence-corrected chi connectivity index (χ1v) is 12.5. The molecule has 0 saturated carbocycles. The molecular weight excluding hydrogens is 454 g/mol. The van der Waals surface area contributed by atoms with Gasteiger partial charge in [0, 0.05) is 49.9 Å². The van der Waals surface area contributed by atoms with E-state index in [0.717, 1.165) is 63.2 Å². The molecule has 2 aliphatic rings. The second kappa shape index (κ2) is 10.6. The van der Waals surface area contributed by atoms with Crippen LogP contribution in [0, 0.1) is 29.7 Å². The Balaban J connectivity index is 1.35. The fourth-order valence-corrected chi connectivity index (χ4v) is 5.08. The molecular formula is C26H29N9O. The molecule has 2 aromatic heterocycles. The molecule has 2 saturated heterocycles. The molecule has 0 unspecified atom stereocenters. The van der Waals surface area contributed by atoms with Crippen LogP contribution in [0.5, 0.6) is 0 Å². The van der Waals surface area contributed by atoms with E-state index in [1.807, 2.05) is 12.1 Å². The zero-order chi connectivity index (χ0) is 24.9. The van der Waals surface area contributed by atoms with Gasteiger partial charge in [-0.15, -0.1) is 0 Å². The quantitative estimate of drug-likeness (QED) is 0.509. The second-order valence-electron chi connectivity index (χ2n) is 9.57. The highest BCUT2D eigenvalue weighted by Gasteiger charge is 2.23. The molecule has 0 aliphatic carbocycles. The summed E-state index contributed by atoms with van der Waals surface area (Å²) < 4.78 is 0. The van der Waals surface area contributed by atoms with Gasteiger partial charge in [0.1, 0.15) is 16.7 Å². The first-order valence-electron chi connectivity index (χ1n) is 12.5. The third-order valence-corrected chi connectivity index (χ3v) is 7.24. The van der Waals surface area contributed by atoms with Gasteiger partial charge in [0.15, 0.2) is 0 Å². The zero-order valence-electron chi connectivity index (χ0n) is 20.2. The summed E-state index contributed by atoms with van der Waals surface area (Å²) in [6.07, 6.45) is 6.05. The topological polar surface area (TPSA) is 118 Å². The molecule has 10 nitrogen and oxygen atoms in total. The van der Waals surface area contributed by atoms with Gasteiger partial charge < -0.3 is 20.0 Å². The van der Waals surface area contributed by atoms with Gasteiger partial charge in [-0.2, -0.15) is 15.3 Å². The van der Waals surface area contributed by atoms with Gasteiger partial charge in [-0.05, 0) is 55.9 Å². The van der Waals surface area contributed by atoms with Crippen LogP contribution >= 0.6 is 0 Å². The molecule has 2 aliphatic heterocycles. The lowest BCUT2D eigenvalue weighted by atomic mass is 9.94. The Kier molecular flexibility index (Phi) is 6.94. The molecule has 0 radical (unpaired) electrons. The average molecular weight is 484 g/mol. The third kappa shape index (κ3) is 5.08. The van der Waals surface area contributed by atoms with Gasteiger partial charge in [-0.1, -0.05) is 0 Å². The SMILES string of the molecule is [C-]#[N+]CC1CCN(c2ccc(Nc3nc(N4CCC(CC#N)CC4)nc4cn[nH]c(=O)c34)cc2)CC1. The minimum atomic E-state index is -0.340. The molecule has 5 rings (SSSR count). The van der Waals surface area contributed by atoms with Crippen LogP contribution in [-0.4, -0.2) is 52.9 Å². The summed E-state index contributed by atoms with van der Waals surface area (Å²) in [5, 5.41) is 19.1. The van der Waals surface area contributed by atoms with E-state index in [1.54, 1.807) is 6.20 Å². The number of rotatable bonds is 6. The zero-order valence-corrected chi connectivity index (χ0v) is 20.2. The summed E-state index contributed by atoms with van der Waals surface area (Å²) in [4.78, 5) is 30.0. The van der Waals surface area contributed by atoms with Crippen LogP contribution in [0.4, 0.5) is 23.1 Å². The Morgan fingerprint density at radius 3 is 2.44 bits per heavy atom. The minimum Gasteiger partial charge on any atom is -0.372 e. The highest BCUT2D eigenvalue weighted by molar-refractivity contribution is 5.90. The van der Waals surface area contributed by atoms with E-state index in [2.05, 4.69) is 53.3 Å². The first kappa shape index (κ1) is 23.6. The van der Waals surface area contributed by atoms with E-state index >= 15 is 0 Å². The van der Waals surface area contributed by atoms with E-state index < -0.39 is 0 Å². The van der Waals surface area contributed by atoms with Crippen molar-refractivity contribution in [3.8, 4) is 6.07 Å². The number of nitrogens with one attached hydrogen (secondary N) is 2. The molecule has 2 N–H and O–H groups in total. The summed E-state index contributed by atoms with van der Waals surface area (Å²) in [5.74, 6) is 1.92. The number of piperidine rings is 2. The van der Waals surface area contributed by atoms with E-state index in [4.69, 9.17) is 16.8 Å². The van der Waals surface area contributed by atoms with E-state index in [0.29, 0.717) is 47.5 Å². The number of H-pyrrole nitrogens is 1. The molecule has 0 atom stereocenters. The van der Waals surface area contributed by atoms with Crippen LogP contribution in [0.3, 0.4) is 0 Å². The van der Waals surface area contributed by atoms with Gasteiger partial charge in [-0.25, -0.2) is 16.7 Å². The molecule has 4 heterocycles. The van der Waals surface area contributed by atoms with Gasteiger partial charge in [0.25, 0.3) is 5.56 Å². The second-order valence-corrected chi connectivity index (χ2v) is 9.57. The number of anilines is 4. The number of aromatic amines is 1. The Bertz CT molecular complexity index is 1340. The summed E-state index contributed by atoms with van der Waals surface area (Å²) in [6, 6.07) is 10.4. The molecule has 184 valence electrons. The van der Waals surface area contributed by atoms with Crippen molar-refractivity contribution < 1.29 is 0 Å². The van der Waals surface area contributed by atoms with E-state index in [-0.39, 0.29) is 5.56 Å². The van der Waals surface area contributed by atoms with Crippen molar-refractivity contribution in [2.45, 2.75) is 32.1 Å². The number of nitrogens with zero attached hydrogens (tertiary/aromatic N) is 7. The van der Waals surface area contributed by atoms with Crippen LogP contribution < -0.4 is 20.7 Å². The molecule has 1 aromatic carbocycles. The number of fused-ring (bicyclic) bond motifs is 1. The highest BCUT2D eigenvalue weighted by Crippen LogP contribution is 2.29. The number of benzene rings is 1. The average Bonchev–Trinajstić information content (AvgIpc) is 2.90. The van der Waals surface area contributed by atoms with Crippen LogP contribution in [0.2, 0.25) is 0 Å². The van der Waals surface area contributed by atoms with E-state index in [1.165, 1.54) is 0 Å². The van der Waals surface area contributed by atoms with Crippen molar-refractivity contribution in [1.82, 2.24) is 20.2 Å². The smallest absolute Gasteiger partial charge is 0.277 e. The monoisotopic (exact) mass is 483 g/mol. The lowest BCUT2D eigenvalue weighted by Gasteiger charge is -2.32. The van der Waals surface area contributed by atoms with Crippen molar-refractivity contribution >= 4 is 34.0 Å². The fraction of sp³-hybridized carbons (Fsp3) is 0.462. The number of aromatic nitrogens is 4. The lowest BCUT2D eigenvalue weighted by Crippen LogP contribution is -2.35. The maximum atomic E-state index is 12.6. The van der Waals surface area contributed by atoms with E-state index in [9.17, 15) is 4.79 Å². The summed E-state index contributed by atoms with van der Waals surface area (Å²) >= 11 is 0. The van der Waals surface area contributed by atoms with Gasteiger partial charge in [-0.3, -0.25) is 4.79 Å². The highest BCUT2D eigenvalue weighted by atomic mass is 16.1. The molecule has 2 fully saturated rings. The Morgan fingerprint density at radius 1 is 1.06 bits per heavy atom. The minimum absolute atomic E-state index is 0.340. The molecule has 3 aromatic rings. The van der Waals surface area contributed by atoms with Crippen LogP contribution in [0.1, 0.15) is 32.1 Å². The largest absolute Gasteiger partial charge is 0.372 e. The first-order chi connectivity index (χ1) is 17.6. The Hall–Kier alpha value is -4.18. The summed E-state index contributed by atoms with van der Waals surface area (Å²) in [7, 11) is 0. The number of hydrogen-bond acceptors (Lipinski definition) is 8. The van der Waals surface area contributed by atoms with Crippen LogP contribution in [0.25, 0.3) is 15.7 Å². The Morgan fingerprint density at radius 2 is 1.75 bits per heavy atom. The van der Waals surface area contributed by atoms with Crippen molar-refractivity contribution in [2.24, 2.45) is 11.8 Å². The molecule has 36 heavy (non-hydrogen) atoms. The number of nitriles is 1. The maximum Gasteiger partial charge on any atom is 0.277 e. The van der Waals surface area contributed by atoms with Crippen molar-refractivity contribution in [3.05, 3.63) is 52.2 Å². The maximum absolute atomic E-state index is 12.6.